The van der Waals surface area contributed by atoms with E-state index in [0.717, 1.165) is 0 Å². The Labute approximate surface area is 213 Å². The number of carbonyl (C=O) groups excluding carboxylic acids is 3. The molecule has 4 aliphatic carbocycles. The van der Waals surface area contributed by atoms with Gasteiger partial charge in [-0.3, -0.25) is 14.4 Å². The van der Waals surface area contributed by atoms with Crippen LogP contribution in [0.1, 0.15) is 84.8 Å². The maximum atomic E-state index is 17.5. The van der Waals surface area contributed by atoms with E-state index in [4.69, 9.17) is 17.1 Å². The van der Waals surface area contributed by atoms with Crippen LogP contribution < -0.4 is 0 Å². The molecular weight excluding hydrogens is 439 g/mol. The molecule has 188 valence electrons. The average molecular weight is 486 g/mol. The molecule has 0 saturated heterocycles. The zero-order valence-corrected chi connectivity index (χ0v) is 19.5. The molecule has 7 heteroatoms. The summed E-state index contributed by atoms with van der Waals surface area (Å²) in [5, 5.41) is 21.6. The minimum Gasteiger partial charge on any atom is -0.450 e. The molecule has 0 spiro atoms. The molecule has 0 heterocycles. The Hall–Kier alpha value is -1.86. The number of hydrogen-bond acceptors (Lipinski definition) is 6. The van der Waals surface area contributed by atoms with Crippen molar-refractivity contribution in [3.8, 4) is 0 Å². The van der Waals surface area contributed by atoms with Gasteiger partial charge >= 0.3 is 5.97 Å². The van der Waals surface area contributed by atoms with E-state index in [1.807, 2.05) is 0 Å². The Kier molecular flexibility index (Phi) is 3.94. The third kappa shape index (κ3) is 3.08. The molecule has 6 nitrogen and oxygen atoms in total. The molecule has 0 aromatic carbocycles. The second kappa shape index (κ2) is 8.37. The Bertz CT molecular complexity index is 1300. The Morgan fingerprint density at radius 1 is 1.35 bits per heavy atom. The highest BCUT2D eigenvalue weighted by Gasteiger charge is 2.77. The van der Waals surface area contributed by atoms with Gasteiger partial charge in [-0.05, 0) is 57.0 Å². The molecule has 0 unspecified atom stereocenters. The lowest BCUT2D eigenvalue weighted by Gasteiger charge is -2.62. The quantitative estimate of drug-likeness (QED) is 0.557. The fourth-order valence-electron chi connectivity index (χ4n) is 7.77. The Morgan fingerprint density at radius 3 is 2.76 bits per heavy atom. The lowest BCUT2D eigenvalue weighted by molar-refractivity contribution is -0.228. The molecular formula is C27H37FO6. The highest BCUT2D eigenvalue weighted by atomic mass is 19.1. The number of allylic oxidation sites excluding steroid dienone is 4. The van der Waals surface area contributed by atoms with E-state index in [-0.39, 0.29) is 18.6 Å². The number of hydrogen-bond donors (Lipinski definition) is 2. The average Bonchev–Trinajstić information content (AvgIpc) is 3.10. The van der Waals surface area contributed by atoms with Crippen molar-refractivity contribution >= 4 is 17.5 Å². The summed E-state index contributed by atoms with van der Waals surface area (Å²) in [7, 11) is 0. The number of rotatable bonds is 6. The van der Waals surface area contributed by atoms with Crippen molar-refractivity contribution < 1.29 is 46.1 Å². The van der Waals surface area contributed by atoms with Crippen molar-refractivity contribution in [3.63, 3.8) is 0 Å². The zero-order valence-electron chi connectivity index (χ0n) is 28.5. The van der Waals surface area contributed by atoms with Crippen LogP contribution in [0, 0.1) is 28.6 Å². The summed E-state index contributed by atoms with van der Waals surface area (Å²) in [6.07, 6.45) is -9.59. The Balaban J connectivity index is 1.82. The number of aliphatic hydroxyl groups excluding tert-OH is 2. The van der Waals surface area contributed by atoms with Crippen molar-refractivity contribution in [2.24, 2.45) is 28.6 Å². The summed E-state index contributed by atoms with van der Waals surface area (Å²) in [4.78, 5) is 39.2. The molecule has 2 N–H and O–H groups in total. The Morgan fingerprint density at radius 2 is 2.09 bits per heavy atom. The van der Waals surface area contributed by atoms with Gasteiger partial charge in [0.1, 0.15) is 6.61 Å². The molecule has 0 radical (unpaired) electrons. The fraction of sp³-hybridized carbons (Fsp3) is 0.741. The highest BCUT2D eigenvalue weighted by molar-refractivity contribution is 6.01. The number of aliphatic hydroxyl groups is 2. The molecule has 0 aromatic rings. The maximum Gasteiger partial charge on any atom is 0.306 e. The van der Waals surface area contributed by atoms with Crippen LogP contribution >= 0.6 is 0 Å². The van der Waals surface area contributed by atoms with E-state index in [1.165, 1.54) is 32.1 Å². The summed E-state index contributed by atoms with van der Waals surface area (Å²) in [5.41, 5.74) is -7.19. The molecule has 0 aliphatic heterocycles. The van der Waals surface area contributed by atoms with Gasteiger partial charge in [-0.2, -0.15) is 0 Å². The summed E-state index contributed by atoms with van der Waals surface area (Å²) in [6, 6.07) is 0. The van der Waals surface area contributed by atoms with Gasteiger partial charge in [0.05, 0.1) is 6.10 Å². The van der Waals surface area contributed by atoms with E-state index in [1.54, 1.807) is 6.92 Å². The van der Waals surface area contributed by atoms with Crippen LogP contribution in [0.25, 0.3) is 0 Å². The predicted molar refractivity (Wildman–Crippen MR) is 123 cm³/mol. The number of fused-ring (bicyclic) bond motifs is 5. The molecule has 3 saturated carbocycles. The zero-order chi connectivity index (χ0) is 33.0. The van der Waals surface area contributed by atoms with E-state index >= 15 is 4.39 Å². The minimum absolute atomic E-state index is 0.0301. The van der Waals surface area contributed by atoms with Crippen molar-refractivity contribution in [2.75, 3.05) is 6.61 Å². The highest BCUT2D eigenvalue weighted by Crippen LogP contribution is 2.71. The van der Waals surface area contributed by atoms with E-state index in [2.05, 4.69) is 0 Å². The lowest BCUT2D eigenvalue weighted by Crippen LogP contribution is -2.70. The second-order valence-corrected chi connectivity index (χ2v) is 10.5. The summed E-state index contributed by atoms with van der Waals surface area (Å²) in [6.45, 7) is -0.383. The molecule has 0 aromatic heterocycles. The number of halogens is 1. The predicted octanol–water partition coefficient (Wildman–Crippen LogP) is 3.64. The van der Waals surface area contributed by atoms with Crippen LogP contribution in [0.15, 0.2) is 23.8 Å². The summed E-state index contributed by atoms with van der Waals surface area (Å²) >= 11 is 0. The van der Waals surface area contributed by atoms with Crippen LogP contribution in [0.3, 0.4) is 0 Å². The molecule has 4 rings (SSSR count). The fourth-order valence-corrected chi connectivity index (χ4v) is 7.77. The lowest BCUT2D eigenvalue weighted by atomic mass is 9.44. The van der Waals surface area contributed by atoms with Gasteiger partial charge < -0.3 is 14.9 Å². The van der Waals surface area contributed by atoms with Crippen molar-refractivity contribution in [2.45, 2.75) is 89.8 Å². The monoisotopic (exact) mass is 485 g/mol. The number of carbonyl (C=O) groups is 3. The van der Waals surface area contributed by atoms with E-state index < -0.39 is 96.7 Å². The first kappa shape index (κ1) is 16.0. The summed E-state index contributed by atoms with van der Waals surface area (Å²) in [5.74, 6) is -6.20. The third-order valence-corrected chi connectivity index (χ3v) is 9.22. The van der Waals surface area contributed by atoms with Crippen molar-refractivity contribution in [1.82, 2.24) is 0 Å². The van der Waals surface area contributed by atoms with Gasteiger partial charge in [0.2, 0.25) is 5.78 Å². The second-order valence-electron chi connectivity index (χ2n) is 10.5. The maximum absolute atomic E-state index is 17.5. The van der Waals surface area contributed by atoms with Gasteiger partial charge in [0.25, 0.3) is 0 Å². The van der Waals surface area contributed by atoms with Gasteiger partial charge in [0, 0.05) is 41.4 Å². The third-order valence-electron chi connectivity index (χ3n) is 9.22. The van der Waals surface area contributed by atoms with E-state index in [0.29, 0.717) is 12.0 Å². The van der Waals surface area contributed by atoms with Gasteiger partial charge in [-0.1, -0.05) is 38.7 Å². The van der Waals surface area contributed by atoms with Crippen LogP contribution in [0.5, 0.6) is 0 Å². The smallest absolute Gasteiger partial charge is 0.306 e. The number of Topliss-reactive ketones (excluding diaryl/α,β-unsaturated/α-hetero) is 1. The standard InChI is InChI=1S/C27H37FO6/c1-5-6-7-23(33)34-27(22(32)15-29)16(2)12-20-19-9-8-17-13-18(30)10-11-24(17,3)26(19,28)21(31)14-25(20,27)4/h10-11,13,16,19-21,29,31H,5-9,12,14-15H2,1-4H3/t16-,19+,20+,21+,24+,25+,26+,27+/m1/s1/i1D3,5D2,6D2,7D2. The molecule has 8 atom stereocenters. The van der Waals surface area contributed by atoms with Gasteiger partial charge in [0.15, 0.2) is 17.1 Å². The molecule has 0 bridgehead atoms. The first-order valence-corrected chi connectivity index (χ1v) is 11.5. The first-order valence-electron chi connectivity index (χ1n) is 16.0. The minimum atomic E-state index is -3.99. The van der Waals surface area contributed by atoms with Gasteiger partial charge in [-0.25, -0.2) is 4.39 Å². The molecule has 34 heavy (non-hydrogen) atoms. The number of ether oxygens (including phenoxy) is 1. The number of alkyl halides is 1. The molecule has 3 fully saturated rings. The molecule has 4 aliphatic rings. The topological polar surface area (TPSA) is 101 Å². The largest absolute Gasteiger partial charge is 0.450 e. The van der Waals surface area contributed by atoms with Crippen LogP contribution in [-0.4, -0.2) is 51.7 Å². The van der Waals surface area contributed by atoms with E-state index in [9.17, 15) is 24.6 Å². The molecule has 0 amide bonds. The van der Waals surface area contributed by atoms with Crippen LogP contribution in [0.2, 0.25) is 0 Å². The van der Waals surface area contributed by atoms with Crippen LogP contribution in [0.4, 0.5) is 4.39 Å². The van der Waals surface area contributed by atoms with Crippen molar-refractivity contribution in [3.05, 3.63) is 23.8 Å². The summed E-state index contributed by atoms with van der Waals surface area (Å²) < 4.78 is 93.6. The first-order chi connectivity index (χ1) is 19.3. The number of esters is 1. The normalized spacial score (nSPS) is 50.7. The van der Waals surface area contributed by atoms with Crippen molar-refractivity contribution in [1.29, 1.82) is 0 Å². The van der Waals surface area contributed by atoms with Crippen LogP contribution in [-0.2, 0) is 19.1 Å². The van der Waals surface area contributed by atoms with Gasteiger partial charge in [-0.15, -0.1) is 0 Å². The number of ketones is 2. The SMILES string of the molecule is [2H]C([2H])([2H])C([2H])([2H])C([2H])([2H])C([2H])([2H])C(=O)O[C@]1(C(=O)CO)[C@H](C)C[C@H]2[C@@H]3CCC4=CC(=O)C=C[C@]4(C)[C@@]3(F)[C@@H](O)C[C@@]21C.